The van der Waals surface area contributed by atoms with Crippen LogP contribution in [0.15, 0.2) is 42.6 Å². The minimum atomic E-state index is -1.05. The van der Waals surface area contributed by atoms with Crippen LogP contribution in [0.3, 0.4) is 0 Å². The van der Waals surface area contributed by atoms with Gasteiger partial charge in [-0.2, -0.15) is 0 Å². The van der Waals surface area contributed by atoms with Crippen molar-refractivity contribution in [3.05, 3.63) is 65.0 Å². The van der Waals surface area contributed by atoms with Gasteiger partial charge in [-0.15, -0.1) is 0 Å². The number of pyridine rings is 1. The predicted molar refractivity (Wildman–Crippen MR) is 73.5 cm³/mol. The van der Waals surface area contributed by atoms with Crippen LogP contribution in [0.1, 0.15) is 32.0 Å². The molecule has 0 bridgehead atoms. The molecule has 102 valence electrons. The van der Waals surface area contributed by atoms with E-state index < -0.39 is 5.97 Å². The highest BCUT2D eigenvalue weighted by molar-refractivity contribution is 5.97. The van der Waals surface area contributed by atoms with Gasteiger partial charge in [-0.05, 0) is 36.8 Å². The molecule has 0 radical (unpaired) electrons. The van der Waals surface area contributed by atoms with Gasteiger partial charge in [0.15, 0.2) is 0 Å². The van der Waals surface area contributed by atoms with Crippen LogP contribution in [0.5, 0.6) is 0 Å². The molecular weight excluding hydrogens is 256 g/mol. The topological polar surface area (TPSA) is 79.3 Å². The lowest BCUT2D eigenvalue weighted by molar-refractivity contribution is 0.0697. The van der Waals surface area contributed by atoms with E-state index >= 15 is 0 Å². The highest BCUT2D eigenvalue weighted by Crippen LogP contribution is 2.06. The van der Waals surface area contributed by atoms with Crippen molar-refractivity contribution in [1.82, 2.24) is 10.3 Å². The molecule has 0 unspecified atom stereocenters. The number of nitrogens with one attached hydrogen (secondary N) is 1. The number of aromatic nitrogens is 1. The standard InChI is InChI=1S/C15H14N2O3/c1-10-5-6-11(8-16-10)9-17-14(18)12-3-2-4-13(7-12)15(19)20/h2-8H,9H2,1H3,(H,17,18)(H,19,20). The zero-order valence-electron chi connectivity index (χ0n) is 11.0. The molecule has 0 spiro atoms. The first-order valence-electron chi connectivity index (χ1n) is 6.09. The summed E-state index contributed by atoms with van der Waals surface area (Å²) in [6.45, 7) is 2.24. The maximum Gasteiger partial charge on any atom is 0.335 e. The summed E-state index contributed by atoms with van der Waals surface area (Å²) in [4.78, 5) is 26.9. The van der Waals surface area contributed by atoms with E-state index in [0.717, 1.165) is 11.3 Å². The lowest BCUT2D eigenvalue weighted by Crippen LogP contribution is -2.23. The molecule has 0 saturated carbocycles. The van der Waals surface area contributed by atoms with E-state index in [2.05, 4.69) is 10.3 Å². The van der Waals surface area contributed by atoms with Gasteiger partial charge in [-0.3, -0.25) is 9.78 Å². The van der Waals surface area contributed by atoms with Crippen LogP contribution < -0.4 is 5.32 Å². The number of carboxylic acid groups (broad SMARTS) is 1. The average molecular weight is 270 g/mol. The lowest BCUT2D eigenvalue weighted by Gasteiger charge is -2.06. The first-order valence-corrected chi connectivity index (χ1v) is 6.09. The van der Waals surface area contributed by atoms with Crippen molar-refractivity contribution in [2.75, 3.05) is 0 Å². The number of benzene rings is 1. The van der Waals surface area contributed by atoms with Crippen LogP contribution >= 0.6 is 0 Å². The minimum absolute atomic E-state index is 0.0923. The van der Waals surface area contributed by atoms with E-state index in [9.17, 15) is 9.59 Å². The monoisotopic (exact) mass is 270 g/mol. The molecule has 1 aromatic heterocycles. The molecule has 0 saturated heterocycles. The number of amides is 1. The minimum Gasteiger partial charge on any atom is -0.478 e. The molecule has 0 aliphatic carbocycles. The summed E-state index contributed by atoms with van der Waals surface area (Å²) in [5.74, 6) is -1.36. The summed E-state index contributed by atoms with van der Waals surface area (Å²) < 4.78 is 0. The molecular formula is C15H14N2O3. The van der Waals surface area contributed by atoms with Crippen LogP contribution in [0.25, 0.3) is 0 Å². The van der Waals surface area contributed by atoms with Crippen LogP contribution in [0.4, 0.5) is 0 Å². The van der Waals surface area contributed by atoms with Gasteiger partial charge in [0.2, 0.25) is 0 Å². The molecule has 20 heavy (non-hydrogen) atoms. The Labute approximate surface area is 116 Å². The first-order chi connectivity index (χ1) is 9.56. The average Bonchev–Trinajstić information content (AvgIpc) is 2.46. The van der Waals surface area contributed by atoms with Gasteiger partial charge in [-0.25, -0.2) is 4.79 Å². The molecule has 2 aromatic rings. The number of carbonyl (C=O) groups excluding carboxylic acids is 1. The zero-order chi connectivity index (χ0) is 14.5. The van der Waals surface area contributed by atoms with Gasteiger partial charge in [-0.1, -0.05) is 12.1 Å². The first kappa shape index (κ1) is 13.7. The lowest BCUT2D eigenvalue weighted by atomic mass is 10.1. The fraction of sp³-hybridized carbons (Fsp3) is 0.133. The quantitative estimate of drug-likeness (QED) is 0.890. The summed E-state index contributed by atoms with van der Waals surface area (Å²) in [5.41, 5.74) is 2.21. The molecule has 0 aliphatic rings. The Balaban J connectivity index is 2.03. The highest BCUT2D eigenvalue weighted by atomic mass is 16.4. The highest BCUT2D eigenvalue weighted by Gasteiger charge is 2.09. The van der Waals surface area contributed by atoms with Crippen molar-refractivity contribution in [1.29, 1.82) is 0 Å². The van der Waals surface area contributed by atoms with Gasteiger partial charge >= 0.3 is 5.97 Å². The number of aromatic carboxylic acids is 1. The van der Waals surface area contributed by atoms with Crippen molar-refractivity contribution in [2.24, 2.45) is 0 Å². The Kier molecular flexibility index (Phi) is 4.10. The van der Waals surface area contributed by atoms with Crippen LogP contribution in [0, 0.1) is 6.92 Å². The molecule has 2 rings (SSSR count). The molecule has 1 amide bonds. The predicted octanol–water partition coefficient (Wildman–Crippen LogP) is 2.02. The maximum absolute atomic E-state index is 11.9. The van der Waals surface area contributed by atoms with Crippen LogP contribution in [-0.4, -0.2) is 22.0 Å². The van der Waals surface area contributed by atoms with E-state index in [0.29, 0.717) is 12.1 Å². The van der Waals surface area contributed by atoms with Gasteiger partial charge in [0.25, 0.3) is 5.91 Å². The largest absolute Gasteiger partial charge is 0.478 e. The fourth-order valence-corrected chi connectivity index (χ4v) is 1.68. The Morgan fingerprint density at radius 2 is 1.95 bits per heavy atom. The van der Waals surface area contributed by atoms with Crippen molar-refractivity contribution < 1.29 is 14.7 Å². The number of rotatable bonds is 4. The maximum atomic E-state index is 11.9. The SMILES string of the molecule is Cc1ccc(CNC(=O)c2cccc(C(=O)O)c2)cn1. The van der Waals surface area contributed by atoms with E-state index in [1.165, 1.54) is 12.1 Å². The summed E-state index contributed by atoms with van der Waals surface area (Å²) in [7, 11) is 0. The molecule has 1 heterocycles. The molecule has 5 heteroatoms. The van der Waals surface area contributed by atoms with Crippen molar-refractivity contribution in [3.8, 4) is 0 Å². The summed E-state index contributed by atoms with van der Waals surface area (Å²) in [5, 5.41) is 11.6. The summed E-state index contributed by atoms with van der Waals surface area (Å²) in [6.07, 6.45) is 1.70. The normalized spacial score (nSPS) is 10.1. The molecule has 1 aromatic carbocycles. The fourth-order valence-electron chi connectivity index (χ4n) is 1.68. The van der Waals surface area contributed by atoms with Gasteiger partial charge in [0.05, 0.1) is 5.56 Å². The molecule has 0 atom stereocenters. The smallest absolute Gasteiger partial charge is 0.335 e. The van der Waals surface area contributed by atoms with Gasteiger partial charge < -0.3 is 10.4 Å². The third-order valence-corrected chi connectivity index (χ3v) is 2.80. The Hall–Kier alpha value is -2.69. The number of hydrogen-bond acceptors (Lipinski definition) is 3. The Morgan fingerprint density at radius 3 is 2.60 bits per heavy atom. The zero-order valence-corrected chi connectivity index (χ0v) is 11.0. The second-order valence-electron chi connectivity index (χ2n) is 4.38. The van der Waals surface area contributed by atoms with Crippen LogP contribution in [0.2, 0.25) is 0 Å². The summed E-state index contributed by atoms with van der Waals surface area (Å²) >= 11 is 0. The van der Waals surface area contributed by atoms with Crippen molar-refractivity contribution in [3.63, 3.8) is 0 Å². The second kappa shape index (κ2) is 5.97. The Morgan fingerprint density at radius 1 is 1.20 bits per heavy atom. The summed E-state index contributed by atoms with van der Waals surface area (Å²) in [6, 6.07) is 9.68. The second-order valence-corrected chi connectivity index (χ2v) is 4.38. The number of hydrogen-bond donors (Lipinski definition) is 2. The third kappa shape index (κ3) is 3.41. The van der Waals surface area contributed by atoms with Crippen molar-refractivity contribution in [2.45, 2.75) is 13.5 Å². The number of carbonyl (C=O) groups is 2. The third-order valence-electron chi connectivity index (χ3n) is 2.80. The van der Waals surface area contributed by atoms with E-state index in [1.807, 2.05) is 19.1 Å². The van der Waals surface area contributed by atoms with Gasteiger partial charge in [0.1, 0.15) is 0 Å². The van der Waals surface area contributed by atoms with Crippen molar-refractivity contribution >= 4 is 11.9 Å². The number of aryl methyl sites for hydroxylation is 1. The Bertz CT molecular complexity index is 636. The van der Waals surface area contributed by atoms with E-state index in [4.69, 9.17) is 5.11 Å². The molecule has 0 fully saturated rings. The van der Waals surface area contributed by atoms with E-state index in [-0.39, 0.29) is 11.5 Å². The van der Waals surface area contributed by atoms with Crippen LogP contribution in [-0.2, 0) is 6.54 Å². The number of nitrogens with zero attached hydrogens (tertiary/aromatic N) is 1. The van der Waals surface area contributed by atoms with E-state index in [1.54, 1.807) is 18.3 Å². The van der Waals surface area contributed by atoms with Gasteiger partial charge in [0, 0.05) is 24.0 Å². The number of carboxylic acids is 1. The molecule has 0 aliphatic heterocycles. The molecule has 5 nitrogen and oxygen atoms in total. The molecule has 2 N–H and O–H groups in total.